The number of nitrogens with one attached hydrogen (secondary N) is 1. The number of amides is 2. The van der Waals surface area contributed by atoms with Crippen molar-refractivity contribution in [3.05, 3.63) is 108 Å². The summed E-state index contributed by atoms with van der Waals surface area (Å²) < 4.78 is 52.2. The van der Waals surface area contributed by atoms with Crippen molar-refractivity contribution in [1.29, 1.82) is 0 Å². The molecule has 0 unspecified atom stereocenters. The summed E-state index contributed by atoms with van der Waals surface area (Å²) in [7, 11) is 1.23. The van der Waals surface area contributed by atoms with E-state index in [0.717, 1.165) is 21.0 Å². The second-order valence-electron chi connectivity index (χ2n) is 12.0. The predicted octanol–water partition coefficient (Wildman–Crippen LogP) is 5.78. The van der Waals surface area contributed by atoms with E-state index in [1.807, 2.05) is 75.4 Å². The molecule has 0 aliphatic rings. The second-order valence-corrected chi connectivity index (χ2v) is 13.9. The van der Waals surface area contributed by atoms with Crippen LogP contribution in [-0.4, -0.2) is 72.2 Å². The van der Waals surface area contributed by atoms with E-state index >= 15 is 0 Å². The molecule has 0 radical (unpaired) electrons. The van der Waals surface area contributed by atoms with Crippen LogP contribution in [0.25, 0.3) is 0 Å². The number of hydrogen-bond acceptors (Lipinski definition) is 8. The Morgan fingerprint density at radius 2 is 1.43 bits per heavy atom. The highest BCUT2D eigenvalue weighted by atomic mass is 32.2. The largest absolute Gasteiger partial charge is 0.497 e. The monoisotopic (exact) mass is 717 g/mol. The molecule has 272 valence electrons. The molecule has 1 N–H and O–H groups in total. The Bertz CT molecular complexity index is 1900. The van der Waals surface area contributed by atoms with Crippen molar-refractivity contribution in [3.63, 3.8) is 0 Å². The first-order valence-electron chi connectivity index (χ1n) is 16.6. The zero-order valence-corrected chi connectivity index (χ0v) is 31.0. The first kappa shape index (κ1) is 38.6. The van der Waals surface area contributed by atoms with Gasteiger partial charge in [0, 0.05) is 31.1 Å². The Balaban J connectivity index is 1.91. The van der Waals surface area contributed by atoms with Gasteiger partial charge in [-0.15, -0.1) is 0 Å². The average molecular weight is 718 g/mol. The highest BCUT2D eigenvalue weighted by Gasteiger charge is 2.36. The number of anilines is 1. The van der Waals surface area contributed by atoms with Crippen LogP contribution in [0.2, 0.25) is 0 Å². The quantitative estimate of drug-likeness (QED) is 0.146. The fourth-order valence-corrected chi connectivity index (χ4v) is 7.01. The Hall–Kier alpha value is -5.23. The smallest absolute Gasteiger partial charge is 0.265 e. The zero-order valence-electron chi connectivity index (χ0n) is 30.2. The van der Waals surface area contributed by atoms with Gasteiger partial charge in [0.05, 0.1) is 39.0 Å². The first-order valence-corrected chi connectivity index (χ1v) is 18.1. The summed E-state index contributed by atoms with van der Waals surface area (Å²) in [6, 6.07) is 24.8. The van der Waals surface area contributed by atoms with E-state index < -0.39 is 28.5 Å². The van der Waals surface area contributed by atoms with Crippen LogP contribution in [0.5, 0.6) is 23.0 Å². The molecular weight excluding hydrogens is 671 g/mol. The molecule has 0 heterocycles. The van der Waals surface area contributed by atoms with Gasteiger partial charge in [-0.3, -0.25) is 13.9 Å². The summed E-state index contributed by atoms with van der Waals surface area (Å²) in [4.78, 5) is 30.4. The molecule has 0 saturated carbocycles. The molecule has 4 aromatic carbocycles. The molecule has 12 heteroatoms. The minimum absolute atomic E-state index is 0.0520. The molecule has 0 aromatic heterocycles. The van der Waals surface area contributed by atoms with Gasteiger partial charge >= 0.3 is 0 Å². The lowest BCUT2D eigenvalue weighted by atomic mass is 10.0. The average Bonchev–Trinajstić information content (AvgIpc) is 3.15. The summed E-state index contributed by atoms with van der Waals surface area (Å²) in [6.45, 7) is 5.17. The number of carbonyl (C=O) groups excluding carboxylic acids is 2. The number of sulfonamides is 1. The van der Waals surface area contributed by atoms with Gasteiger partial charge in [0.15, 0.2) is 11.5 Å². The Morgan fingerprint density at radius 3 is 2.06 bits per heavy atom. The molecule has 2 atom stereocenters. The Morgan fingerprint density at radius 1 is 0.784 bits per heavy atom. The number of methoxy groups -OCH3 is 4. The maximum Gasteiger partial charge on any atom is 0.265 e. The Labute approximate surface area is 301 Å². The van der Waals surface area contributed by atoms with Crippen LogP contribution in [0, 0.1) is 6.92 Å². The molecule has 0 spiro atoms. The van der Waals surface area contributed by atoms with Gasteiger partial charge in [0.1, 0.15) is 24.1 Å². The third-order valence-corrected chi connectivity index (χ3v) is 10.5. The van der Waals surface area contributed by atoms with Crippen LogP contribution in [0.1, 0.15) is 37.0 Å². The van der Waals surface area contributed by atoms with Crippen LogP contribution in [0.4, 0.5) is 5.69 Å². The van der Waals surface area contributed by atoms with Crippen LogP contribution < -0.4 is 28.6 Å². The number of hydrogen-bond donors (Lipinski definition) is 1. The lowest BCUT2D eigenvalue weighted by molar-refractivity contribution is -0.140. The molecular formula is C39H47N3O8S. The van der Waals surface area contributed by atoms with E-state index in [0.29, 0.717) is 17.9 Å². The van der Waals surface area contributed by atoms with Crippen molar-refractivity contribution >= 4 is 27.5 Å². The minimum Gasteiger partial charge on any atom is -0.497 e. The fourth-order valence-electron chi connectivity index (χ4n) is 5.58. The normalized spacial score (nSPS) is 12.3. The van der Waals surface area contributed by atoms with Crippen molar-refractivity contribution in [2.24, 2.45) is 0 Å². The first-order chi connectivity index (χ1) is 24.5. The lowest BCUT2D eigenvalue weighted by Crippen LogP contribution is -2.54. The number of benzene rings is 4. The number of carbonyl (C=O) groups is 2. The molecule has 4 rings (SSSR count). The number of rotatable bonds is 17. The third-order valence-electron chi connectivity index (χ3n) is 8.75. The minimum atomic E-state index is -4.49. The molecule has 2 amide bonds. The molecule has 0 bridgehead atoms. The van der Waals surface area contributed by atoms with Gasteiger partial charge in [-0.05, 0) is 61.2 Å². The molecule has 11 nitrogen and oxygen atoms in total. The second kappa shape index (κ2) is 17.6. The standard InChI is InChI=1S/C39H47N3O8S/c1-8-28(3)40-39(44)34(22-29-15-10-9-11-16-29)41(25-30-17-13-12-14-27(30)2)38(43)26-42(33-23-31(47-4)18-20-35(33)48-5)51(45,46)32-19-21-36(49-6)37(24-32)50-7/h9-21,23-24,28,34H,8,22,25-26H2,1-7H3,(H,40,44)/t28-,34+/m0/s1. The Kier molecular flexibility index (Phi) is 13.3. The number of aryl methyl sites for hydroxylation is 1. The van der Waals surface area contributed by atoms with Crippen LogP contribution in [0.3, 0.4) is 0 Å². The van der Waals surface area contributed by atoms with Gasteiger partial charge in [0.2, 0.25) is 11.8 Å². The number of nitrogens with zero attached hydrogens (tertiary/aromatic N) is 2. The van der Waals surface area contributed by atoms with E-state index in [1.165, 1.54) is 57.6 Å². The van der Waals surface area contributed by atoms with Gasteiger partial charge in [-0.25, -0.2) is 8.42 Å². The number of ether oxygens (including phenoxy) is 4. The van der Waals surface area contributed by atoms with Gasteiger partial charge < -0.3 is 29.2 Å². The summed E-state index contributed by atoms with van der Waals surface area (Å²) >= 11 is 0. The lowest BCUT2D eigenvalue weighted by Gasteiger charge is -2.35. The van der Waals surface area contributed by atoms with E-state index in [1.54, 1.807) is 12.1 Å². The molecule has 0 fully saturated rings. The third kappa shape index (κ3) is 9.31. The van der Waals surface area contributed by atoms with Crippen molar-refractivity contribution < 1.29 is 37.0 Å². The fraction of sp³-hybridized carbons (Fsp3) is 0.333. The predicted molar refractivity (Wildman–Crippen MR) is 197 cm³/mol. The zero-order chi connectivity index (χ0) is 37.1. The van der Waals surface area contributed by atoms with Crippen molar-refractivity contribution in [2.45, 2.75) is 57.1 Å². The molecule has 0 saturated heterocycles. The van der Waals surface area contributed by atoms with Gasteiger partial charge in [0.25, 0.3) is 10.0 Å². The summed E-state index contributed by atoms with van der Waals surface area (Å²) in [5.41, 5.74) is 2.64. The summed E-state index contributed by atoms with van der Waals surface area (Å²) in [5.74, 6) is 0.105. The van der Waals surface area contributed by atoms with Crippen LogP contribution >= 0.6 is 0 Å². The van der Waals surface area contributed by atoms with Crippen LogP contribution in [0.15, 0.2) is 95.9 Å². The van der Waals surface area contributed by atoms with Crippen molar-refractivity contribution in [3.8, 4) is 23.0 Å². The summed E-state index contributed by atoms with van der Waals surface area (Å²) in [5, 5.41) is 3.06. The highest BCUT2D eigenvalue weighted by molar-refractivity contribution is 7.92. The van der Waals surface area contributed by atoms with Crippen LogP contribution in [-0.2, 0) is 32.6 Å². The van der Waals surface area contributed by atoms with Crippen molar-refractivity contribution in [2.75, 3.05) is 39.3 Å². The SMILES string of the molecule is CC[C@H](C)NC(=O)[C@@H](Cc1ccccc1)N(Cc1ccccc1C)C(=O)CN(c1cc(OC)ccc1OC)S(=O)(=O)c1ccc(OC)c(OC)c1. The topological polar surface area (TPSA) is 124 Å². The highest BCUT2D eigenvalue weighted by Crippen LogP contribution is 2.38. The summed E-state index contributed by atoms with van der Waals surface area (Å²) in [6.07, 6.45) is 0.883. The van der Waals surface area contributed by atoms with E-state index in [2.05, 4.69) is 5.32 Å². The molecule has 0 aliphatic carbocycles. The maximum absolute atomic E-state index is 14.9. The van der Waals surface area contributed by atoms with Gasteiger partial charge in [-0.1, -0.05) is 61.5 Å². The van der Waals surface area contributed by atoms with E-state index in [-0.39, 0.29) is 47.0 Å². The molecule has 0 aliphatic heterocycles. The van der Waals surface area contributed by atoms with E-state index in [9.17, 15) is 18.0 Å². The maximum atomic E-state index is 14.9. The van der Waals surface area contributed by atoms with Crippen molar-refractivity contribution in [1.82, 2.24) is 10.2 Å². The van der Waals surface area contributed by atoms with Gasteiger partial charge in [-0.2, -0.15) is 0 Å². The molecule has 51 heavy (non-hydrogen) atoms. The molecule has 4 aromatic rings. The van der Waals surface area contributed by atoms with E-state index in [4.69, 9.17) is 18.9 Å².